The van der Waals surface area contributed by atoms with Gasteiger partial charge in [-0.15, -0.1) is 0 Å². The van der Waals surface area contributed by atoms with E-state index >= 15 is 0 Å². The molecule has 0 radical (unpaired) electrons. The van der Waals surface area contributed by atoms with Gasteiger partial charge in [-0.05, 0) is 36.8 Å². The number of rotatable bonds is 8. The van der Waals surface area contributed by atoms with E-state index in [9.17, 15) is 8.42 Å². The lowest BCUT2D eigenvalue weighted by atomic mass is 10.1. The highest BCUT2D eigenvalue weighted by Crippen LogP contribution is 2.19. The molecule has 1 aromatic rings. The number of nitrogens with zero attached hydrogens (tertiary/aromatic N) is 2. The molecule has 118 valence electrons. The maximum atomic E-state index is 12.4. The summed E-state index contributed by atoms with van der Waals surface area (Å²) in [5, 5.41) is 3.52. The van der Waals surface area contributed by atoms with Gasteiger partial charge in [-0.3, -0.25) is 0 Å². The third kappa shape index (κ3) is 4.76. The zero-order chi connectivity index (χ0) is 15.5. The van der Waals surface area contributed by atoms with Crippen LogP contribution in [0.5, 0.6) is 0 Å². The molecule has 6 heteroatoms. The first-order valence-electron chi connectivity index (χ1n) is 7.54. The van der Waals surface area contributed by atoms with Crippen molar-refractivity contribution >= 4 is 10.0 Å². The zero-order valence-electron chi connectivity index (χ0n) is 13.0. The Labute approximate surface area is 127 Å². The van der Waals surface area contributed by atoms with Crippen LogP contribution >= 0.6 is 0 Å². The van der Waals surface area contributed by atoms with Crippen molar-refractivity contribution < 1.29 is 8.42 Å². The summed E-state index contributed by atoms with van der Waals surface area (Å²) in [6, 6.07) is 4.08. The Kier molecular flexibility index (Phi) is 5.35. The predicted octanol–water partition coefficient (Wildman–Crippen LogP) is 2.00. The first-order chi connectivity index (χ1) is 9.89. The summed E-state index contributed by atoms with van der Waals surface area (Å²) in [5.74, 6) is 0.478. The van der Waals surface area contributed by atoms with Gasteiger partial charge in [0.2, 0.25) is 0 Å². The highest BCUT2D eigenvalue weighted by atomic mass is 32.2. The summed E-state index contributed by atoms with van der Waals surface area (Å²) < 4.78 is 26.1. The summed E-state index contributed by atoms with van der Waals surface area (Å²) in [6.07, 6.45) is 4.97. The lowest BCUT2D eigenvalue weighted by Gasteiger charge is -2.17. The second kappa shape index (κ2) is 6.85. The van der Waals surface area contributed by atoms with Gasteiger partial charge in [0.05, 0.1) is 0 Å². The standard InChI is InChI=1S/C15H25N3O2S/c1-12(2)8-9-18(3)21(19,20)15-7-4-13(11-17-15)10-16-14-5-6-14/h4,7,11-12,14,16H,5-6,8-10H2,1-3H3. The predicted molar refractivity (Wildman–Crippen MR) is 83.4 cm³/mol. The summed E-state index contributed by atoms with van der Waals surface area (Å²) in [7, 11) is -1.86. The molecule has 1 N–H and O–H groups in total. The van der Waals surface area contributed by atoms with Crippen molar-refractivity contribution in [1.29, 1.82) is 0 Å². The minimum Gasteiger partial charge on any atom is -0.310 e. The number of aromatic nitrogens is 1. The minimum absolute atomic E-state index is 0.129. The van der Waals surface area contributed by atoms with E-state index in [1.54, 1.807) is 19.3 Å². The molecule has 0 unspecified atom stereocenters. The van der Waals surface area contributed by atoms with Crippen molar-refractivity contribution in [1.82, 2.24) is 14.6 Å². The molecule has 0 amide bonds. The van der Waals surface area contributed by atoms with Crippen molar-refractivity contribution in [2.45, 2.75) is 50.7 Å². The molecule has 0 spiro atoms. The van der Waals surface area contributed by atoms with Gasteiger partial charge in [-0.25, -0.2) is 13.4 Å². The van der Waals surface area contributed by atoms with E-state index in [0.29, 0.717) is 18.5 Å². The zero-order valence-corrected chi connectivity index (χ0v) is 13.9. The number of hydrogen-bond donors (Lipinski definition) is 1. The van der Waals surface area contributed by atoms with Crippen LogP contribution in [0.3, 0.4) is 0 Å². The average molecular weight is 311 g/mol. The van der Waals surface area contributed by atoms with Crippen LogP contribution in [0.2, 0.25) is 0 Å². The third-order valence-corrected chi connectivity index (χ3v) is 5.44. The Morgan fingerprint density at radius 3 is 2.62 bits per heavy atom. The largest absolute Gasteiger partial charge is 0.310 e. The fraction of sp³-hybridized carbons (Fsp3) is 0.667. The first-order valence-corrected chi connectivity index (χ1v) is 8.98. The van der Waals surface area contributed by atoms with E-state index in [2.05, 4.69) is 24.1 Å². The monoisotopic (exact) mass is 311 g/mol. The molecule has 1 saturated carbocycles. The molecule has 1 aliphatic carbocycles. The van der Waals surface area contributed by atoms with E-state index in [4.69, 9.17) is 0 Å². The van der Waals surface area contributed by atoms with Crippen LogP contribution in [0.1, 0.15) is 38.7 Å². The summed E-state index contributed by atoms with van der Waals surface area (Å²) >= 11 is 0. The van der Waals surface area contributed by atoms with Gasteiger partial charge in [-0.1, -0.05) is 19.9 Å². The summed E-state index contributed by atoms with van der Waals surface area (Å²) in [4.78, 5) is 4.13. The molecule has 0 aliphatic heterocycles. The van der Waals surface area contributed by atoms with Crippen LogP contribution in [0.4, 0.5) is 0 Å². The van der Waals surface area contributed by atoms with Crippen LogP contribution in [0, 0.1) is 5.92 Å². The average Bonchev–Trinajstić information content (AvgIpc) is 3.27. The number of pyridine rings is 1. The molecule has 0 atom stereocenters. The van der Waals surface area contributed by atoms with Crippen LogP contribution < -0.4 is 5.32 Å². The molecule has 21 heavy (non-hydrogen) atoms. The molecule has 0 saturated heterocycles. The Morgan fingerprint density at radius 1 is 1.38 bits per heavy atom. The quantitative estimate of drug-likeness (QED) is 0.797. The molecule has 2 rings (SSSR count). The Balaban J connectivity index is 1.98. The smallest absolute Gasteiger partial charge is 0.260 e. The highest BCUT2D eigenvalue weighted by molar-refractivity contribution is 7.89. The Morgan fingerprint density at radius 2 is 2.10 bits per heavy atom. The van der Waals surface area contributed by atoms with E-state index in [1.807, 2.05) is 6.07 Å². The SMILES string of the molecule is CC(C)CCN(C)S(=O)(=O)c1ccc(CNC2CC2)cn1. The van der Waals surface area contributed by atoms with Gasteiger partial charge in [0.25, 0.3) is 10.0 Å². The van der Waals surface area contributed by atoms with Crippen LogP contribution in [-0.2, 0) is 16.6 Å². The fourth-order valence-corrected chi connectivity index (χ4v) is 3.03. The normalized spacial score (nSPS) is 15.9. The number of hydrogen-bond acceptors (Lipinski definition) is 4. The van der Waals surface area contributed by atoms with Crippen molar-refractivity contribution in [2.24, 2.45) is 5.92 Å². The van der Waals surface area contributed by atoms with Crippen molar-refractivity contribution in [3.05, 3.63) is 23.9 Å². The van der Waals surface area contributed by atoms with Gasteiger partial charge in [0, 0.05) is 32.4 Å². The van der Waals surface area contributed by atoms with Crippen LogP contribution in [-0.4, -0.2) is 37.3 Å². The molecule has 1 aliphatic rings. The first kappa shape index (κ1) is 16.4. The minimum atomic E-state index is -3.47. The highest BCUT2D eigenvalue weighted by Gasteiger charge is 2.23. The van der Waals surface area contributed by atoms with Gasteiger partial charge in [-0.2, -0.15) is 4.31 Å². The third-order valence-electron chi connectivity index (χ3n) is 3.67. The van der Waals surface area contributed by atoms with Crippen LogP contribution in [0.25, 0.3) is 0 Å². The topological polar surface area (TPSA) is 62.3 Å². The van der Waals surface area contributed by atoms with Gasteiger partial charge < -0.3 is 5.32 Å². The van der Waals surface area contributed by atoms with Crippen molar-refractivity contribution in [3.63, 3.8) is 0 Å². The Bertz CT molecular complexity index is 551. The molecule has 1 heterocycles. The van der Waals surface area contributed by atoms with E-state index < -0.39 is 10.0 Å². The van der Waals surface area contributed by atoms with E-state index in [1.165, 1.54) is 17.1 Å². The van der Waals surface area contributed by atoms with Crippen molar-refractivity contribution in [2.75, 3.05) is 13.6 Å². The maximum Gasteiger partial charge on any atom is 0.260 e. The molecular formula is C15H25N3O2S. The number of nitrogens with one attached hydrogen (secondary N) is 1. The fourth-order valence-electron chi connectivity index (χ4n) is 1.94. The van der Waals surface area contributed by atoms with E-state index in [0.717, 1.165) is 18.5 Å². The van der Waals surface area contributed by atoms with E-state index in [-0.39, 0.29) is 5.03 Å². The summed E-state index contributed by atoms with van der Waals surface area (Å²) in [6.45, 7) is 5.44. The van der Waals surface area contributed by atoms with Crippen molar-refractivity contribution in [3.8, 4) is 0 Å². The van der Waals surface area contributed by atoms with Gasteiger partial charge in [0.15, 0.2) is 5.03 Å². The molecular weight excluding hydrogens is 286 g/mol. The summed E-state index contributed by atoms with van der Waals surface area (Å²) in [5.41, 5.74) is 1.02. The lowest BCUT2D eigenvalue weighted by Crippen LogP contribution is -2.29. The Hall–Kier alpha value is -0.980. The maximum absolute atomic E-state index is 12.4. The molecule has 5 nitrogen and oxygen atoms in total. The van der Waals surface area contributed by atoms with Gasteiger partial charge in [0.1, 0.15) is 0 Å². The molecule has 0 bridgehead atoms. The van der Waals surface area contributed by atoms with Gasteiger partial charge >= 0.3 is 0 Å². The lowest BCUT2D eigenvalue weighted by molar-refractivity contribution is 0.426. The molecule has 1 aromatic heterocycles. The second-order valence-electron chi connectivity index (χ2n) is 6.17. The number of sulfonamides is 1. The molecule has 1 fully saturated rings. The second-order valence-corrected chi connectivity index (χ2v) is 8.16. The van der Waals surface area contributed by atoms with Crippen LogP contribution in [0.15, 0.2) is 23.4 Å². The molecule has 0 aromatic carbocycles.